The van der Waals surface area contributed by atoms with Crippen LogP contribution in [-0.2, 0) is 6.42 Å². The lowest BCUT2D eigenvalue weighted by atomic mass is 10.2. The van der Waals surface area contributed by atoms with Gasteiger partial charge in [0, 0.05) is 11.8 Å². The molecule has 0 aliphatic heterocycles. The van der Waals surface area contributed by atoms with Gasteiger partial charge < -0.3 is 10.4 Å². The molecule has 3 N–H and O–H groups in total. The zero-order chi connectivity index (χ0) is 12.3. The first-order valence-corrected chi connectivity index (χ1v) is 5.34. The molecule has 0 aliphatic carbocycles. The van der Waals surface area contributed by atoms with Gasteiger partial charge in [0.05, 0.1) is 11.3 Å². The summed E-state index contributed by atoms with van der Waals surface area (Å²) in [5.41, 5.74) is 1.77. The molecule has 1 heterocycles. The summed E-state index contributed by atoms with van der Waals surface area (Å²) < 4.78 is 0. The van der Waals surface area contributed by atoms with Crippen molar-refractivity contribution in [1.82, 2.24) is 10.2 Å². The van der Waals surface area contributed by atoms with Crippen molar-refractivity contribution in [1.29, 1.82) is 0 Å². The van der Waals surface area contributed by atoms with E-state index in [1.54, 1.807) is 24.3 Å². The minimum atomic E-state index is -0.959. The highest BCUT2D eigenvalue weighted by Crippen LogP contribution is 2.19. The monoisotopic (exact) mass is 231 g/mol. The van der Waals surface area contributed by atoms with Crippen molar-refractivity contribution < 1.29 is 9.90 Å². The zero-order valence-corrected chi connectivity index (χ0v) is 9.40. The molecule has 1 aromatic carbocycles. The molecule has 0 saturated heterocycles. The predicted octanol–water partition coefficient (Wildman–Crippen LogP) is 2.41. The average Bonchev–Trinajstić information content (AvgIpc) is 2.77. The molecule has 0 aliphatic rings. The molecule has 0 fully saturated rings. The normalized spacial score (nSPS) is 10.2. The minimum absolute atomic E-state index is 0.230. The van der Waals surface area contributed by atoms with Crippen molar-refractivity contribution in [3.05, 3.63) is 41.6 Å². The second-order valence-corrected chi connectivity index (χ2v) is 3.61. The number of rotatable bonds is 4. The van der Waals surface area contributed by atoms with E-state index in [0.29, 0.717) is 11.5 Å². The van der Waals surface area contributed by atoms with E-state index in [1.165, 1.54) is 0 Å². The van der Waals surface area contributed by atoms with Crippen LogP contribution in [0, 0.1) is 0 Å². The summed E-state index contributed by atoms with van der Waals surface area (Å²) in [4.78, 5) is 11.0. The fourth-order valence-electron chi connectivity index (χ4n) is 1.52. The molecule has 2 aromatic rings. The maximum absolute atomic E-state index is 11.0. The second-order valence-electron chi connectivity index (χ2n) is 3.61. The van der Waals surface area contributed by atoms with Crippen molar-refractivity contribution in [3.8, 4) is 0 Å². The lowest BCUT2D eigenvalue weighted by Crippen LogP contribution is -2.02. The van der Waals surface area contributed by atoms with Gasteiger partial charge in [-0.05, 0) is 18.6 Å². The molecule has 17 heavy (non-hydrogen) atoms. The molecule has 88 valence electrons. The number of hydrogen-bond acceptors (Lipinski definition) is 3. The summed E-state index contributed by atoms with van der Waals surface area (Å²) in [6.45, 7) is 2.02. The summed E-state index contributed by atoms with van der Waals surface area (Å²) in [5, 5.41) is 18.9. The highest BCUT2D eigenvalue weighted by molar-refractivity contribution is 5.94. The average molecular weight is 231 g/mol. The molecule has 0 bridgehead atoms. The summed E-state index contributed by atoms with van der Waals surface area (Å²) in [7, 11) is 0. The Labute approximate surface area is 98.5 Å². The number of H-pyrrole nitrogens is 1. The first-order chi connectivity index (χ1) is 8.20. The van der Waals surface area contributed by atoms with Crippen molar-refractivity contribution in [2.45, 2.75) is 13.3 Å². The van der Waals surface area contributed by atoms with Gasteiger partial charge in [-0.3, -0.25) is 5.10 Å². The van der Waals surface area contributed by atoms with Crippen LogP contribution in [0.2, 0.25) is 0 Å². The third kappa shape index (κ3) is 2.44. The van der Waals surface area contributed by atoms with E-state index >= 15 is 0 Å². The van der Waals surface area contributed by atoms with Crippen LogP contribution in [-0.4, -0.2) is 21.3 Å². The minimum Gasteiger partial charge on any atom is -0.478 e. The number of carbonyl (C=O) groups is 1. The van der Waals surface area contributed by atoms with Crippen molar-refractivity contribution in [3.63, 3.8) is 0 Å². The molecule has 1 aromatic heterocycles. The zero-order valence-electron chi connectivity index (χ0n) is 9.40. The number of nitrogens with zero attached hydrogens (tertiary/aromatic N) is 1. The number of aromatic carboxylic acids is 1. The van der Waals surface area contributed by atoms with E-state index in [4.69, 9.17) is 5.11 Å². The number of carboxylic acids is 1. The smallest absolute Gasteiger partial charge is 0.337 e. The van der Waals surface area contributed by atoms with E-state index in [9.17, 15) is 4.79 Å². The van der Waals surface area contributed by atoms with E-state index in [2.05, 4.69) is 15.5 Å². The van der Waals surface area contributed by atoms with Crippen LogP contribution in [0.5, 0.6) is 0 Å². The second kappa shape index (κ2) is 4.69. The lowest BCUT2D eigenvalue weighted by molar-refractivity contribution is 0.0698. The maximum Gasteiger partial charge on any atom is 0.337 e. The van der Waals surface area contributed by atoms with Crippen LogP contribution in [0.15, 0.2) is 30.3 Å². The molecule has 2 rings (SSSR count). The van der Waals surface area contributed by atoms with Crippen molar-refractivity contribution in [2.75, 3.05) is 5.32 Å². The van der Waals surface area contributed by atoms with Gasteiger partial charge in [-0.1, -0.05) is 19.1 Å². The SMILES string of the molecule is CCc1cc(Nc2ccccc2C(=O)O)n[nH]1. The van der Waals surface area contributed by atoms with Gasteiger partial charge in [-0.15, -0.1) is 0 Å². The van der Waals surface area contributed by atoms with Crippen LogP contribution < -0.4 is 5.32 Å². The number of anilines is 2. The highest BCUT2D eigenvalue weighted by Gasteiger charge is 2.09. The number of para-hydroxylation sites is 1. The molecule has 0 amide bonds. The summed E-state index contributed by atoms with van der Waals surface area (Å²) >= 11 is 0. The van der Waals surface area contributed by atoms with Crippen LogP contribution in [0.25, 0.3) is 0 Å². The summed E-state index contributed by atoms with van der Waals surface area (Å²) in [5.74, 6) is -0.338. The van der Waals surface area contributed by atoms with Crippen LogP contribution in [0.4, 0.5) is 11.5 Å². The van der Waals surface area contributed by atoms with Crippen LogP contribution in [0.3, 0.4) is 0 Å². The maximum atomic E-state index is 11.0. The fraction of sp³-hybridized carbons (Fsp3) is 0.167. The molecule has 0 radical (unpaired) electrons. The quantitative estimate of drug-likeness (QED) is 0.755. The van der Waals surface area contributed by atoms with E-state index in [-0.39, 0.29) is 5.56 Å². The van der Waals surface area contributed by atoms with E-state index in [0.717, 1.165) is 12.1 Å². The van der Waals surface area contributed by atoms with Crippen LogP contribution >= 0.6 is 0 Å². The Morgan fingerprint density at radius 1 is 1.47 bits per heavy atom. The number of aromatic nitrogens is 2. The number of aromatic amines is 1. The number of carboxylic acid groups (broad SMARTS) is 1. The van der Waals surface area contributed by atoms with Crippen molar-refractivity contribution in [2.24, 2.45) is 0 Å². The number of aryl methyl sites for hydroxylation is 1. The third-order valence-corrected chi connectivity index (χ3v) is 2.43. The number of nitrogens with one attached hydrogen (secondary N) is 2. The molecule has 0 saturated carbocycles. The molecule has 5 nitrogen and oxygen atoms in total. The third-order valence-electron chi connectivity index (χ3n) is 2.43. The summed E-state index contributed by atoms with van der Waals surface area (Å²) in [6, 6.07) is 8.60. The van der Waals surface area contributed by atoms with Gasteiger partial charge in [-0.25, -0.2) is 4.79 Å². The first kappa shape index (κ1) is 11.2. The highest BCUT2D eigenvalue weighted by atomic mass is 16.4. The van der Waals surface area contributed by atoms with Gasteiger partial charge in [0.1, 0.15) is 0 Å². The fourth-order valence-corrected chi connectivity index (χ4v) is 1.52. The van der Waals surface area contributed by atoms with E-state index < -0.39 is 5.97 Å². The Kier molecular flexibility index (Phi) is 3.09. The van der Waals surface area contributed by atoms with Gasteiger partial charge in [0.2, 0.25) is 0 Å². The Bertz CT molecular complexity index is 534. The number of benzene rings is 1. The van der Waals surface area contributed by atoms with Crippen molar-refractivity contribution >= 4 is 17.5 Å². The molecule has 0 atom stereocenters. The molecular weight excluding hydrogens is 218 g/mol. The Morgan fingerprint density at radius 3 is 2.88 bits per heavy atom. The Morgan fingerprint density at radius 2 is 2.24 bits per heavy atom. The Balaban J connectivity index is 2.26. The molecule has 0 spiro atoms. The summed E-state index contributed by atoms with van der Waals surface area (Å²) in [6.07, 6.45) is 0.856. The first-order valence-electron chi connectivity index (χ1n) is 5.34. The molecule has 0 unspecified atom stereocenters. The van der Waals surface area contributed by atoms with Gasteiger partial charge in [0.15, 0.2) is 5.82 Å². The van der Waals surface area contributed by atoms with Gasteiger partial charge >= 0.3 is 5.97 Å². The number of hydrogen-bond donors (Lipinski definition) is 3. The Hall–Kier alpha value is -2.30. The molecular formula is C12H13N3O2. The lowest BCUT2D eigenvalue weighted by Gasteiger charge is -2.05. The van der Waals surface area contributed by atoms with Gasteiger partial charge in [0.25, 0.3) is 0 Å². The van der Waals surface area contributed by atoms with E-state index in [1.807, 2.05) is 13.0 Å². The molecule has 5 heteroatoms. The van der Waals surface area contributed by atoms with Crippen LogP contribution in [0.1, 0.15) is 23.0 Å². The topological polar surface area (TPSA) is 78.0 Å². The van der Waals surface area contributed by atoms with Gasteiger partial charge in [-0.2, -0.15) is 5.10 Å². The largest absolute Gasteiger partial charge is 0.478 e. The predicted molar refractivity (Wildman–Crippen MR) is 64.6 cm³/mol. The standard InChI is InChI=1S/C12H13N3O2/c1-2-8-7-11(15-14-8)13-10-6-4-3-5-9(10)12(16)17/h3-7H,2H2,1H3,(H,16,17)(H2,13,14,15).